The Morgan fingerprint density at radius 1 is 1.11 bits per heavy atom. The van der Waals surface area contributed by atoms with Gasteiger partial charge in [0.25, 0.3) is 0 Å². The Morgan fingerprint density at radius 2 is 1.81 bits per heavy atom. The van der Waals surface area contributed by atoms with E-state index in [2.05, 4.69) is 34.8 Å². The highest BCUT2D eigenvalue weighted by Gasteiger charge is 2.23. The summed E-state index contributed by atoms with van der Waals surface area (Å²) < 4.78 is 27.2. The third kappa shape index (κ3) is 5.29. The molecule has 0 radical (unpaired) electrons. The molecule has 2 aromatic carbocycles. The van der Waals surface area contributed by atoms with E-state index in [9.17, 15) is 8.42 Å². The lowest BCUT2D eigenvalue weighted by atomic mass is 10.2. The monoisotopic (exact) mass is 557 g/mol. The molecule has 0 bridgehead atoms. The standard InChI is InChI=1S/C25H28ClN7O2S2/c1-3-16(2)37(34,35)31-19-7-5-18(6-8-19)29-25(36)33-12-10-32(11-13-33)24-22-20-14-17(26)4-9-21(20)30-23(22)27-15-28-24/h4-9,14-16,31H,3,10-13H2,1-2H3,(H,29,36)(H,27,28,30). The zero-order valence-electron chi connectivity index (χ0n) is 20.5. The van der Waals surface area contributed by atoms with Crippen LogP contribution in [0, 0.1) is 0 Å². The fourth-order valence-electron chi connectivity index (χ4n) is 4.35. The van der Waals surface area contributed by atoms with Gasteiger partial charge in [-0.25, -0.2) is 18.4 Å². The van der Waals surface area contributed by atoms with Gasteiger partial charge in [0.15, 0.2) is 5.11 Å². The summed E-state index contributed by atoms with van der Waals surface area (Å²) in [4.78, 5) is 16.7. The number of aromatic amines is 1. The van der Waals surface area contributed by atoms with Crippen LogP contribution in [-0.2, 0) is 10.0 Å². The molecule has 0 amide bonds. The minimum atomic E-state index is -3.40. The second-order valence-electron chi connectivity index (χ2n) is 9.08. The maximum absolute atomic E-state index is 12.3. The van der Waals surface area contributed by atoms with Gasteiger partial charge in [0.2, 0.25) is 10.0 Å². The van der Waals surface area contributed by atoms with E-state index in [1.54, 1.807) is 25.4 Å². The van der Waals surface area contributed by atoms with Crippen molar-refractivity contribution in [2.45, 2.75) is 25.5 Å². The number of sulfonamides is 1. The van der Waals surface area contributed by atoms with Crippen LogP contribution in [0.15, 0.2) is 48.8 Å². The van der Waals surface area contributed by atoms with E-state index >= 15 is 0 Å². The van der Waals surface area contributed by atoms with Crippen molar-refractivity contribution in [3.63, 3.8) is 0 Å². The minimum Gasteiger partial charge on any atom is -0.352 e. The maximum atomic E-state index is 12.3. The molecular formula is C25H28ClN7O2S2. The van der Waals surface area contributed by atoms with Crippen LogP contribution >= 0.6 is 23.8 Å². The van der Waals surface area contributed by atoms with Crippen LogP contribution in [0.4, 0.5) is 17.2 Å². The van der Waals surface area contributed by atoms with Gasteiger partial charge >= 0.3 is 0 Å². The average molecular weight is 558 g/mol. The Kier molecular flexibility index (Phi) is 7.11. The van der Waals surface area contributed by atoms with Crippen LogP contribution in [0.3, 0.4) is 0 Å². The molecule has 0 spiro atoms. The van der Waals surface area contributed by atoms with Crippen molar-refractivity contribution in [3.8, 4) is 0 Å². The van der Waals surface area contributed by atoms with Crippen molar-refractivity contribution in [3.05, 3.63) is 53.8 Å². The Balaban J connectivity index is 1.23. The molecule has 194 valence electrons. The largest absolute Gasteiger partial charge is 0.352 e. The molecule has 1 fully saturated rings. The van der Waals surface area contributed by atoms with Crippen LogP contribution in [0.2, 0.25) is 5.02 Å². The zero-order chi connectivity index (χ0) is 26.2. The Hall–Kier alpha value is -3.15. The second kappa shape index (κ2) is 10.3. The molecule has 5 rings (SSSR count). The molecule has 0 saturated carbocycles. The molecule has 1 unspecified atom stereocenters. The van der Waals surface area contributed by atoms with Crippen molar-refractivity contribution in [2.24, 2.45) is 0 Å². The summed E-state index contributed by atoms with van der Waals surface area (Å²) in [6.07, 6.45) is 2.13. The van der Waals surface area contributed by atoms with Gasteiger partial charge in [-0.15, -0.1) is 0 Å². The lowest BCUT2D eigenvalue weighted by molar-refractivity contribution is 0.390. The number of fused-ring (bicyclic) bond motifs is 3. The summed E-state index contributed by atoms with van der Waals surface area (Å²) in [7, 11) is -3.40. The first-order chi connectivity index (χ1) is 17.7. The van der Waals surface area contributed by atoms with Gasteiger partial charge in [0, 0.05) is 53.5 Å². The predicted octanol–water partition coefficient (Wildman–Crippen LogP) is 4.82. The first-order valence-corrected chi connectivity index (χ1v) is 14.4. The van der Waals surface area contributed by atoms with E-state index < -0.39 is 15.3 Å². The first kappa shape index (κ1) is 25.5. The highest BCUT2D eigenvalue weighted by molar-refractivity contribution is 7.93. The number of piperazine rings is 1. The Bertz CT molecular complexity index is 1550. The summed E-state index contributed by atoms with van der Waals surface area (Å²) in [6, 6.07) is 12.9. The lowest BCUT2D eigenvalue weighted by Crippen LogP contribution is -2.50. The number of benzene rings is 2. The van der Waals surface area contributed by atoms with Gasteiger partial charge < -0.3 is 20.1 Å². The summed E-state index contributed by atoms with van der Waals surface area (Å²) >= 11 is 11.9. The molecule has 9 nitrogen and oxygen atoms in total. The number of halogens is 1. The third-order valence-corrected chi connectivity index (χ3v) is 9.21. The van der Waals surface area contributed by atoms with Gasteiger partial charge in [0.05, 0.1) is 10.6 Å². The van der Waals surface area contributed by atoms with Gasteiger partial charge in [-0.3, -0.25) is 4.72 Å². The third-order valence-electron chi connectivity index (χ3n) is 6.70. The SMILES string of the molecule is CCC(C)S(=O)(=O)Nc1ccc(NC(=S)N2CCN(c3ncnc4[nH]c5ccc(Cl)cc5c34)CC2)cc1. The first-order valence-electron chi connectivity index (χ1n) is 12.1. The Morgan fingerprint density at radius 3 is 2.51 bits per heavy atom. The number of aromatic nitrogens is 3. The molecule has 3 heterocycles. The molecule has 1 saturated heterocycles. The van der Waals surface area contributed by atoms with Gasteiger partial charge in [-0.1, -0.05) is 18.5 Å². The number of thiocarbonyl (C=S) groups is 1. The van der Waals surface area contributed by atoms with E-state index in [-0.39, 0.29) is 0 Å². The molecule has 37 heavy (non-hydrogen) atoms. The number of nitrogens with zero attached hydrogens (tertiary/aromatic N) is 4. The van der Waals surface area contributed by atoms with E-state index in [1.165, 1.54) is 0 Å². The number of hydrogen-bond donors (Lipinski definition) is 3. The molecular weight excluding hydrogens is 530 g/mol. The smallest absolute Gasteiger partial charge is 0.235 e. The normalized spacial score (nSPS) is 15.2. The molecule has 2 aromatic heterocycles. The van der Waals surface area contributed by atoms with Crippen molar-refractivity contribution in [1.29, 1.82) is 0 Å². The minimum absolute atomic E-state index is 0.455. The van der Waals surface area contributed by atoms with Crippen molar-refractivity contribution in [2.75, 3.05) is 41.1 Å². The quantitative estimate of drug-likeness (QED) is 0.290. The van der Waals surface area contributed by atoms with Gasteiger partial charge in [-0.2, -0.15) is 0 Å². The highest BCUT2D eigenvalue weighted by atomic mass is 35.5. The molecule has 1 aliphatic heterocycles. The van der Waals surface area contributed by atoms with E-state index in [0.717, 1.165) is 59.6 Å². The fourth-order valence-corrected chi connectivity index (χ4v) is 5.93. The summed E-state index contributed by atoms with van der Waals surface area (Å²) in [5.41, 5.74) is 3.09. The molecule has 3 N–H and O–H groups in total. The fraction of sp³-hybridized carbons (Fsp3) is 0.320. The van der Waals surface area contributed by atoms with Crippen LogP contribution in [0.1, 0.15) is 20.3 Å². The summed E-state index contributed by atoms with van der Waals surface area (Å²) in [5, 5.41) is 6.08. The van der Waals surface area contributed by atoms with E-state index in [1.807, 2.05) is 37.3 Å². The molecule has 4 aromatic rings. The predicted molar refractivity (Wildman–Crippen MR) is 155 cm³/mol. The molecule has 1 atom stereocenters. The number of nitrogens with one attached hydrogen (secondary N) is 3. The number of H-pyrrole nitrogens is 1. The van der Waals surface area contributed by atoms with E-state index in [0.29, 0.717) is 22.2 Å². The lowest BCUT2D eigenvalue weighted by Gasteiger charge is -2.37. The summed E-state index contributed by atoms with van der Waals surface area (Å²) in [6.45, 7) is 6.50. The zero-order valence-corrected chi connectivity index (χ0v) is 22.9. The topological polar surface area (TPSA) is 106 Å². The molecule has 12 heteroatoms. The second-order valence-corrected chi connectivity index (χ2v) is 12.0. The van der Waals surface area contributed by atoms with Crippen LogP contribution in [-0.4, -0.2) is 64.8 Å². The van der Waals surface area contributed by atoms with Crippen molar-refractivity contribution >= 4 is 78.1 Å². The summed E-state index contributed by atoms with van der Waals surface area (Å²) in [5.74, 6) is 0.882. The Labute approximate surface area is 226 Å². The maximum Gasteiger partial charge on any atom is 0.235 e. The average Bonchev–Trinajstić information content (AvgIpc) is 3.27. The highest BCUT2D eigenvalue weighted by Crippen LogP contribution is 2.33. The van der Waals surface area contributed by atoms with Crippen molar-refractivity contribution in [1.82, 2.24) is 19.9 Å². The van der Waals surface area contributed by atoms with Crippen LogP contribution in [0.25, 0.3) is 21.9 Å². The number of anilines is 3. The van der Waals surface area contributed by atoms with Crippen molar-refractivity contribution < 1.29 is 8.42 Å². The van der Waals surface area contributed by atoms with Crippen LogP contribution < -0.4 is 14.9 Å². The van der Waals surface area contributed by atoms with Gasteiger partial charge in [0.1, 0.15) is 17.8 Å². The number of rotatable bonds is 6. The molecule has 0 aliphatic carbocycles. The molecule has 1 aliphatic rings. The van der Waals surface area contributed by atoms with Gasteiger partial charge in [-0.05, 0) is 68.0 Å². The van der Waals surface area contributed by atoms with Crippen LogP contribution in [0.5, 0.6) is 0 Å². The van der Waals surface area contributed by atoms with E-state index in [4.69, 9.17) is 23.8 Å². The number of hydrogen-bond acceptors (Lipinski definition) is 6.